The number of hydrogen-bond acceptors (Lipinski definition) is 3. The van der Waals surface area contributed by atoms with Gasteiger partial charge in [-0.15, -0.1) is 0 Å². The van der Waals surface area contributed by atoms with Gasteiger partial charge in [0, 0.05) is 29.6 Å². The van der Waals surface area contributed by atoms with Crippen LogP contribution in [0.5, 0.6) is 0 Å². The first-order valence-electron chi connectivity index (χ1n) is 6.24. The van der Waals surface area contributed by atoms with Crippen molar-refractivity contribution in [3.05, 3.63) is 0 Å². The predicted octanol–water partition coefficient (Wildman–Crippen LogP) is 0.611. The van der Waals surface area contributed by atoms with Crippen LogP contribution in [0, 0.1) is 5.41 Å². The predicted molar refractivity (Wildman–Crippen MR) is 67.6 cm³/mol. The number of rotatable bonds is 7. The molecule has 2 fully saturated rings. The number of nitrogens with zero attached hydrogens (tertiary/aromatic N) is 1. The maximum absolute atomic E-state index is 11.9. The largest absolute Gasteiger partial charge is 0.481 e. The minimum atomic E-state index is -1.24. The Labute approximate surface area is 109 Å². The number of carbonyl (C=O) groups excluding carboxylic acids is 1. The van der Waals surface area contributed by atoms with Crippen molar-refractivity contribution in [2.75, 3.05) is 18.6 Å². The van der Waals surface area contributed by atoms with Crippen molar-refractivity contribution in [1.82, 2.24) is 4.90 Å². The van der Waals surface area contributed by atoms with Crippen molar-refractivity contribution in [2.45, 2.75) is 38.1 Å². The molecule has 2 aliphatic rings. The molecule has 0 aromatic carbocycles. The number of carboxylic acids is 1. The van der Waals surface area contributed by atoms with Crippen LogP contribution in [0.15, 0.2) is 0 Å². The van der Waals surface area contributed by atoms with Gasteiger partial charge in [-0.2, -0.15) is 0 Å². The minimum absolute atomic E-state index is 0.0361. The van der Waals surface area contributed by atoms with Gasteiger partial charge in [-0.1, -0.05) is 0 Å². The van der Waals surface area contributed by atoms with Gasteiger partial charge in [0.05, 0.1) is 6.42 Å². The van der Waals surface area contributed by atoms with Crippen molar-refractivity contribution >= 4 is 22.7 Å². The molecule has 6 heteroatoms. The second-order valence-electron chi connectivity index (χ2n) is 5.53. The van der Waals surface area contributed by atoms with Gasteiger partial charge >= 0.3 is 5.97 Å². The Morgan fingerprint density at radius 1 is 1.39 bits per heavy atom. The van der Waals surface area contributed by atoms with Gasteiger partial charge in [0.1, 0.15) is 5.75 Å². The quantitative estimate of drug-likeness (QED) is 0.737. The standard InChI is InChI=1S/C12H19NO4S/c1-13(9-2-3-9)10(14)7-18(17)8-12(4-5-12)6-11(15)16/h9H,2-8H2,1H3,(H,15,16). The third kappa shape index (κ3) is 3.54. The van der Waals surface area contributed by atoms with Gasteiger partial charge in [0.15, 0.2) is 0 Å². The molecule has 5 nitrogen and oxygen atoms in total. The first kappa shape index (κ1) is 13.5. The summed E-state index contributed by atoms with van der Waals surface area (Å²) < 4.78 is 11.9. The van der Waals surface area contributed by atoms with E-state index in [4.69, 9.17) is 5.11 Å². The van der Waals surface area contributed by atoms with E-state index in [0.717, 1.165) is 25.7 Å². The molecule has 0 aromatic rings. The van der Waals surface area contributed by atoms with Crippen molar-refractivity contribution < 1.29 is 18.9 Å². The fraction of sp³-hybridized carbons (Fsp3) is 0.833. The molecule has 1 amide bonds. The molecule has 1 N–H and O–H groups in total. The Balaban J connectivity index is 1.78. The van der Waals surface area contributed by atoms with Gasteiger partial charge < -0.3 is 10.0 Å². The van der Waals surface area contributed by atoms with E-state index in [-0.39, 0.29) is 23.5 Å². The number of carboxylic acid groups (broad SMARTS) is 1. The van der Waals surface area contributed by atoms with Crippen LogP contribution in [0.2, 0.25) is 0 Å². The normalized spacial score (nSPS) is 22.3. The van der Waals surface area contributed by atoms with Crippen LogP contribution in [0.25, 0.3) is 0 Å². The third-order valence-corrected chi connectivity index (χ3v) is 5.23. The zero-order valence-corrected chi connectivity index (χ0v) is 11.4. The molecule has 2 rings (SSSR count). The van der Waals surface area contributed by atoms with Crippen LogP contribution < -0.4 is 0 Å². The average molecular weight is 273 g/mol. The van der Waals surface area contributed by atoms with E-state index in [1.54, 1.807) is 11.9 Å². The molecule has 0 bridgehead atoms. The van der Waals surface area contributed by atoms with Gasteiger partial charge in [-0.3, -0.25) is 13.8 Å². The monoisotopic (exact) mass is 273 g/mol. The van der Waals surface area contributed by atoms with Crippen molar-refractivity contribution in [3.8, 4) is 0 Å². The molecule has 0 spiro atoms. The summed E-state index contributed by atoms with van der Waals surface area (Å²) in [4.78, 5) is 24.1. The highest BCUT2D eigenvalue weighted by Gasteiger charge is 2.46. The van der Waals surface area contributed by atoms with Gasteiger partial charge in [0.25, 0.3) is 0 Å². The van der Waals surface area contributed by atoms with Gasteiger partial charge in [0.2, 0.25) is 5.91 Å². The molecule has 2 saturated carbocycles. The Bertz CT molecular complexity index is 388. The number of carbonyl (C=O) groups is 2. The minimum Gasteiger partial charge on any atom is -0.481 e. The van der Waals surface area contributed by atoms with Crippen LogP contribution in [0.4, 0.5) is 0 Å². The molecule has 0 aliphatic heterocycles. The lowest BCUT2D eigenvalue weighted by molar-refractivity contribution is -0.138. The van der Waals surface area contributed by atoms with E-state index in [1.807, 2.05) is 0 Å². The van der Waals surface area contributed by atoms with Crippen LogP contribution >= 0.6 is 0 Å². The third-order valence-electron chi connectivity index (χ3n) is 3.72. The molecule has 0 radical (unpaired) electrons. The van der Waals surface area contributed by atoms with E-state index >= 15 is 0 Å². The highest BCUT2D eigenvalue weighted by molar-refractivity contribution is 7.85. The van der Waals surface area contributed by atoms with E-state index in [9.17, 15) is 13.8 Å². The topological polar surface area (TPSA) is 74.7 Å². The van der Waals surface area contributed by atoms with Crippen molar-refractivity contribution in [2.24, 2.45) is 5.41 Å². The number of amides is 1. The molecular weight excluding hydrogens is 254 g/mol. The van der Waals surface area contributed by atoms with E-state index in [1.165, 1.54) is 0 Å². The molecule has 1 atom stereocenters. The molecule has 1 unspecified atom stereocenters. The summed E-state index contributed by atoms with van der Waals surface area (Å²) >= 11 is 0. The van der Waals surface area contributed by atoms with E-state index in [0.29, 0.717) is 11.8 Å². The Kier molecular flexibility index (Phi) is 3.75. The fourth-order valence-electron chi connectivity index (χ4n) is 2.17. The van der Waals surface area contributed by atoms with E-state index < -0.39 is 16.8 Å². The summed E-state index contributed by atoms with van der Waals surface area (Å²) in [6.07, 6.45) is 3.79. The lowest BCUT2D eigenvalue weighted by Crippen LogP contribution is -2.34. The summed E-state index contributed by atoms with van der Waals surface area (Å²) in [7, 11) is 0.514. The summed E-state index contributed by atoms with van der Waals surface area (Å²) in [6, 6.07) is 0.336. The summed E-state index contributed by atoms with van der Waals surface area (Å²) in [5.41, 5.74) is -0.297. The molecule has 102 valence electrons. The Morgan fingerprint density at radius 3 is 2.44 bits per heavy atom. The molecular formula is C12H19NO4S. The summed E-state index contributed by atoms with van der Waals surface area (Å²) in [6.45, 7) is 0. The van der Waals surface area contributed by atoms with Gasteiger partial charge in [-0.25, -0.2) is 0 Å². The molecule has 2 aliphatic carbocycles. The zero-order chi connectivity index (χ0) is 13.3. The first-order valence-corrected chi connectivity index (χ1v) is 7.73. The second kappa shape index (κ2) is 4.99. The SMILES string of the molecule is CN(C(=O)CS(=O)CC1(CC(=O)O)CC1)C1CC1. The van der Waals surface area contributed by atoms with Crippen LogP contribution in [-0.4, -0.2) is 50.7 Å². The molecule has 0 heterocycles. The number of hydrogen-bond donors (Lipinski definition) is 1. The second-order valence-corrected chi connectivity index (χ2v) is 6.99. The van der Waals surface area contributed by atoms with Crippen molar-refractivity contribution in [1.29, 1.82) is 0 Å². The van der Waals surface area contributed by atoms with Gasteiger partial charge in [-0.05, 0) is 31.1 Å². The maximum Gasteiger partial charge on any atom is 0.303 e. The lowest BCUT2D eigenvalue weighted by Gasteiger charge is -2.17. The Hall–Kier alpha value is -0.910. The van der Waals surface area contributed by atoms with Crippen LogP contribution in [-0.2, 0) is 20.4 Å². The number of aliphatic carboxylic acids is 1. The van der Waals surface area contributed by atoms with Crippen molar-refractivity contribution in [3.63, 3.8) is 0 Å². The summed E-state index contributed by atoms with van der Waals surface area (Å²) in [5.74, 6) is -0.536. The van der Waals surface area contributed by atoms with Crippen LogP contribution in [0.3, 0.4) is 0 Å². The first-order chi connectivity index (χ1) is 8.42. The molecule has 0 saturated heterocycles. The smallest absolute Gasteiger partial charge is 0.303 e. The highest BCUT2D eigenvalue weighted by atomic mass is 32.2. The highest BCUT2D eigenvalue weighted by Crippen LogP contribution is 2.49. The zero-order valence-electron chi connectivity index (χ0n) is 10.6. The molecule has 0 aromatic heterocycles. The Morgan fingerprint density at radius 2 is 2.00 bits per heavy atom. The summed E-state index contributed by atoms with van der Waals surface area (Å²) in [5, 5.41) is 8.78. The van der Waals surface area contributed by atoms with E-state index in [2.05, 4.69) is 0 Å². The average Bonchev–Trinajstić information content (AvgIpc) is 3.10. The fourth-order valence-corrected chi connectivity index (χ4v) is 3.82. The molecule has 18 heavy (non-hydrogen) atoms. The maximum atomic E-state index is 11.9. The van der Waals surface area contributed by atoms with Crippen LogP contribution in [0.1, 0.15) is 32.1 Å². The lowest BCUT2D eigenvalue weighted by atomic mass is 10.1.